The summed E-state index contributed by atoms with van der Waals surface area (Å²) in [6.07, 6.45) is 4.23. The maximum atomic E-state index is 12.3. The molecule has 4 heteroatoms. The molecule has 4 rings (SSSR count). The maximum absolute atomic E-state index is 12.3. The second kappa shape index (κ2) is 5.43. The van der Waals surface area contributed by atoms with Gasteiger partial charge in [-0.05, 0) is 48.7 Å². The minimum absolute atomic E-state index is 0.0188. The number of carbonyl (C=O) groups is 1. The van der Waals surface area contributed by atoms with Crippen LogP contribution >= 0.6 is 11.6 Å². The van der Waals surface area contributed by atoms with E-state index < -0.39 is 0 Å². The van der Waals surface area contributed by atoms with E-state index in [1.807, 2.05) is 48.5 Å². The van der Waals surface area contributed by atoms with Crippen molar-refractivity contribution in [3.63, 3.8) is 0 Å². The van der Waals surface area contributed by atoms with Crippen LogP contribution in [-0.4, -0.2) is 17.4 Å². The molecule has 1 fully saturated rings. The monoisotopic (exact) mass is 324 g/mol. The second-order valence-corrected chi connectivity index (χ2v) is 6.66. The largest absolute Gasteiger partial charge is 0.361 e. The van der Waals surface area contributed by atoms with Crippen LogP contribution in [0.2, 0.25) is 5.02 Å². The third-order valence-corrected chi connectivity index (χ3v) is 4.93. The van der Waals surface area contributed by atoms with Crippen molar-refractivity contribution in [2.75, 3.05) is 6.54 Å². The fourth-order valence-corrected chi connectivity index (χ4v) is 3.34. The van der Waals surface area contributed by atoms with E-state index in [2.05, 4.69) is 16.5 Å². The molecule has 116 valence electrons. The molecule has 1 heterocycles. The first-order chi connectivity index (χ1) is 11.2. The van der Waals surface area contributed by atoms with Gasteiger partial charge >= 0.3 is 0 Å². The van der Waals surface area contributed by atoms with Gasteiger partial charge in [-0.1, -0.05) is 29.8 Å². The quantitative estimate of drug-likeness (QED) is 0.739. The van der Waals surface area contributed by atoms with Crippen LogP contribution in [0.3, 0.4) is 0 Å². The second-order valence-electron chi connectivity index (χ2n) is 6.22. The van der Waals surface area contributed by atoms with E-state index >= 15 is 0 Å². The molecular weight excluding hydrogens is 308 g/mol. The van der Waals surface area contributed by atoms with Crippen molar-refractivity contribution in [3.05, 3.63) is 70.9 Å². The van der Waals surface area contributed by atoms with E-state index in [0.29, 0.717) is 12.1 Å². The number of fused-ring (bicyclic) bond motifs is 1. The van der Waals surface area contributed by atoms with Crippen molar-refractivity contribution in [2.24, 2.45) is 0 Å². The molecule has 1 aliphatic carbocycles. The molecule has 0 unspecified atom stereocenters. The van der Waals surface area contributed by atoms with Gasteiger partial charge in [0.05, 0.1) is 0 Å². The molecule has 0 radical (unpaired) electrons. The van der Waals surface area contributed by atoms with Crippen LogP contribution in [0.1, 0.15) is 28.8 Å². The lowest BCUT2D eigenvalue weighted by Gasteiger charge is -2.16. The van der Waals surface area contributed by atoms with Crippen LogP contribution in [0.25, 0.3) is 10.9 Å². The number of H-pyrrole nitrogens is 1. The third kappa shape index (κ3) is 2.62. The molecule has 1 amide bonds. The average Bonchev–Trinajstić information content (AvgIpc) is 3.25. The molecule has 2 N–H and O–H groups in total. The van der Waals surface area contributed by atoms with Gasteiger partial charge in [0.2, 0.25) is 0 Å². The normalized spacial score (nSPS) is 15.5. The van der Waals surface area contributed by atoms with Crippen molar-refractivity contribution >= 4 is 28.4 Å². The number of hydrogen-bond acceptors (Lipinski definition) is 1. The number of hydrogen-bond donors (Lipinski definition) is 2. The summed E-state index contributed by atoms with van der Waals surface area (Å²) in [5, 5.41) is 4.98. The zero-order chi connectivity index (χ0) is 15.9. The Labute approximate surface area is 139 Å². The van der Waals surface area contributed by atoms with Gasteiger partial charge in [0.25, 0.3) is 5.91 Å². The molecular formula is C19H17ClN2O. The van der Waals surface area contributed by atoms with E-state index in [0.717, 1.165) is 28.8 Å². The maximum Gasteiger partial charge on any atom is 0.251 e. The first kappa shape index (κ1) is 14.3. The Bertz CT molecular complexity index is 865. The van der Waals surface area contributed by atoms with Gasteiger partial charge in [0.15, 0.2) is 0 Å². The lowest BCUT2D eigenvalue weighted by Crippen LogP contribution is -2.32. The molecule has 3 aromatic rings. The standard InChI is InChI=1S/C19H17ClN2O/c20-14-6-7-17-15(10-14)16(11-21-17)19(8-9-19)12-22-18(23)13-4-2-1-3-5-13/h1-7,10-11,21H,8-9,12H2,(H,22,23). The summed E-state index contributed by atoms with van der Waals surface area (Å²) < 4.78 is 0. The lowest BCUT2D eigenvalue weighted by atomic mass is 9.95. The number of aromatic nitrogens is 1. The number of aromatic amines is 1. The molecule has 1 aliphatic rings. The van der Waals surface area contributed by atoms with Crippen molar-refractivity contribution in [2.45, 2.75) is 18.3 Å². The van der Waals surface area contributed by atoms with Crippen molar-refractivity contribution in [3.8, 4) is 0 Å². The highest BCUT2D eigenvalue weighted by Gasteiger charge is 2.45. The minimum Gasteiger partial charge on any atom is -0.361 e. The van der Waals surface area contributed by atoms with E-state index in [-0.39, 0.29) is 11.3 Å². The van der Waals surface area contributed by atoms with Crippen molar-refractivity contribution in [1.29, 1.82) is 0 Å². The predicted molar refractivity (Wildman–Crippen MR) is 93.0 cm³/mol. The summed E-state index contributed by atoms with van der Waals surface area (Å²) in [6.45, 7) is 0.653. The van der Waals surface area contributed by atoms with Gasteiger partial charge in [0.1, 0.15) is 0 Å². The van der Waals surface area contributed by atoms with Gasteiger partial charge in [-0.3, -0.25) is 4.79 Å². The van der Waals surface area contributed by atoms with Crippen LogP contribution in [0.4, 0.5) is 0 Å². The fraction of sp³-hybridized carbons (Fsp3) is 0.211. The highest BCUT2D eigenvalue weighted by Crippen LogP contribution is 2.50. The van der Waals surface area contributed by atoms with Gasteiger partial charge in [-0.15, -0.1) is 0 Å². The Balaban J connectivity index is 1.56. The SMILES string of the molecule is O=C(NCC1(c2c[nH]c3ccc(Cl)cc23)CC1)c1ccccc1. The minimum atomic E-state index is -0.0188. The van der Waals surface area contributed by atoms with Crippen LogP contribution in [0.15, 0.2) is 54.7 Å². The van der Waals surface area contributed by atoms with Crippen molar-refractivity contribution in [1.82, 2.24) is 10.3 Å². The predicted octanol–water partition coefficient (Wildman–Crippen LogP) is 4.28. The number of benzene rings is 2. The highest BCUT2D eigenvalue weighted by molar-refractivity contribution is 6.31. The molecule has 0 aliphatic heterocycles. The molecule has 23 heavy (non-hydrogen) atoms. The molecule has 0 spiro atoms. The molecule has 0 atom stereocenters. The molecule has 2 aromatic carbocycles. The Morgan fingerprint density at radius 3 is 2.70 bits per heavy atom. The molecule has 0 bridgehead atoms. The Morgan fingerprint density at radius 1 is 1.17 bits per heavy atom. The Morgan fingerprint density at radius 2 is 1.96 bits per heavy atom. The summed E-state index contributed by atoms with van der Waals surface area (Å²) >= 11 is 6.14. The topological polar surface area (TPSA) is 44.9 Å². The molecule has 0 saturated heterocycles. The highest BCUT2D eigenvalue weighted by atomic mass is 35.5. The summed E-state index contributed by atoms with van der Waals surface area (Å²) in [5.41, 5.74) is 3.08. The Kier molecular flexibility index (Phi) is 3.38. The van der Waals surface area contributed by atoms with Gasteiger partial charge in [0, 0.05) is 39.6 Å². The fourth-order valence-electron chi connectivity index (χ4n) is 3.16. The van der Waals surface area contributed by atoms with E-state index in [1.165, 1.54) is 5.56 Å². The van der Waals surface area contributed by atoms with E-state index in [9.17, 15) is 4.79 Å². The van der Waals surface area contributed by atoms with Crippen LogP contribution in [-0.2, 0) is 5.41 Å². The average molecular weight is 325 g/mol. The molecule has 1 saturated carbocycles. The molecule has 3 nitrogen and oxygen atoms in total. The van der Waals surface area contributed by atoms with Gasteiger partial charge in [-0.2, -0.15) is 0 Å². The number of carbonyl (C=O) groups excluding carboxylic acids is 1. The van der Waals surface area contributed by atoms with Gasteiger partial charge < -0.3 is 10.3 Å². The number of nitrogens with one attached hydrogen (secondary N) is 2. The zero-order valence-electron chi connectivity index (χ0n) is 12.6. The van der Waals surface area contributed by atoms with E-state index in [4.69, 9.17) is 11.6 Å². The lowest BCUT2D eigenvalue weighted by molar-refractivity contribution is 0.0949. The first-order valence-corrected chi connectivity index (χ1v) is 8.16. The summed E-state index contributed by atoms with van der Waals surface area (Å²) in [6, 6.07) is 15.2. The first-order valence-electron chi connectivity index (χ1n) is 7.78. The van der Waals surface area contributed by atoms with Crippen LogP contribution in [0.5, 0.6) is 0 Å². The zero-order valence-corrected chi connectivity index (χ0v) is 13.4. The van der Waals surface area contributed by atoms with Crippen LogP contribution < -0.4 is 5.32 Å². The van der Waals surface area contributed by atoms with E-state index in [1.54, 1.807) is 0 Å². The number of amides is 1. The number of halogens is 1. The summed E-state index contributed by atoms with van der Waals surface area (Å²) in [7, 11) is 0. The van der Waals surface area contributed by atoms with Crippen molar-refractivity contribution < 1.29 is 4.79 Å². The van der Waals surface area contributed by atoms with Crippen LogP contribution in [0, 0.1) is 0 Å². The smallest absolute Gasteiger partial charge is 0.251 e. The van der Waals surface area contributed by atoms with Gasteiger partial charge in [-0.25, -0.2) is 0 Å². The molecule has 1 aromatic heterocycles. The summed E-state index contributed by atoms with van der Waals surface area (Å²) in [5.74, 6) is -0.0188. The number of rotatable bonds is 4. The summed E-state index contributed by atoms with van der Waals surface area (Å²) in [4.78, 5) is 15.6. The Hall–Kier alpha value is -2.26. The third-order valence-electron chi connectivity index (χ3n) is 4.69.